The quantitative estimate of drug-likeness (QED) is 0.852. The zero-order chi connectivity index (χ0) is 11.7. The highest BCUT2D eigenvalue weighted by molar-refractivity contribution is 7.17. The molecule has 1 aliphatic heterocycles. The first-order chi connectivity index (χ1) is 8.33. The van der Waals surface area contributed by atoms with Gasteiger partial charge in [-0.05, 0) is 37.5 Å². The number of hydrogen-bond donors (Lipinski definition) is 1. The van der Waals surface area contributed by atoms with Gasteiger partial charge in [0, 0.05) is 26.1 Å². The van der Waals surface area contributed by atoms with Crippen molar-refractivity contribution < 1.29 is 4.90 Å². The van der Waals surface area contributed by atoms with Crippen LogP contribution in [-0.4, -0.2) is 13.1 Å². The predicted octanol–water partition coefficient (Wildman–Crippen LogP) is 3.12. The molecule has 1 fully saturated rings. The Kier molecular flexibility index (Phi) is 3.37. The third kappa shape index (κ3) is 2.49. The van der Waals surface area contributed by atoms with Crippen molar-refractivity contribution in [2.45, 2.75) is 25.8 Å². The Balaban J connectivity index is 1.86. The van der Waals surface area contributed by atoms with Gasteiger partial charge in [0.2, 0.25) is 0 Å². The van der Waals surface area contributed by atoms with Crippen LogP contribution in [0, 0.1) is 0 Å². The van der Waals surface area contributed by atoms with E-state index < -0.39 is 0 Å². The van der Waals surface area contributed by atoms with E-state index in [0.29, 0.717) is 0 Å². The van der Waals surface area contributed by atoms with E-state index in [2.05, 4.69) is 17.5 Å². The van der Waals surface area contributed by atoms with E-state index in [1.165, 1.54) is 54.5 Å². The van der Waals surface area contributed by atoms with Crippen LogP contribution in [0.25, 0.3) is 10.1 Å². The van der Waals surface area contributed by atoms with Gasteiger partial charge in [-0.15, -0.1) is 11.3 Å². The number of hydrogen-bond acceptors (Lipinski definition) is 1. The molecule has 2 heterocycles. The fraction of sp³-hybridized carbons (Fsp3) is 0.429. The van der Waals surface area contributed by atoms with Crippen molar-refractivity contribution in [2.75, 3.05) is 13.1 Å². The van der Waals surface area contributed by atoms with E-state index in [1.54, 1.807) is 4.90 Å². The van der Waals surface area contributed by atoms with E-state index in [9.17, 15) is 0 Å². The number of quaternary nitrogens is 1. The summed E-state index contributed by atoms with van der Waals surface area (Å²) in [4.78, 5) is 1.73. The van der Waals surface area contributed by atoms with E-state index in [4.69, 9.17) is 11.6 Å². The first-order valence-corrected chi connectivity index (χ1v) is 7.58. The second-order valence-electron chi connectivity index (χ2n) is 4.89. The molecule has 0 unspecified atom stereocenters. The average Bonchev–Trinajstić information content (AvgIpc) is 2.73. The van der Waals surface area contributed by atoms with Crippen LogP contribution in [0.1, 0.15) is 24.8 Å². The molecule has 3 heteroatoms. The van der Waals surface area contributed by atoms with Gasteiger partial charge in [-0.25, -0.2) is 0 Å². The van der Waals surface area contributed by atoms with Crippen molar-refractivity contribution in [1.29, 1.82) is 0 Å². The second-order valence-corrected chi connectivity index (χ2v) is 6.24. The summed E-state index contributed by atoms with van der Waals surface area (Å²) >= 11 is 7.93. The zero-order valence-corrected chi connectivity index (χ0v) is 11.4. The van der Waals surface area contributed by atoms with Crippen molar-refractivity contribution in [1.82, 2.24) is 0 Å². The van der Waals surface area contributed by atoms with Gasteiger partial charge in [0.05, 0.1) is 13.1 Å². The summed E-state index contributed by atoms with van der Waals surface area (Å²) in [6, 6.07) is 6.24. The number of nitrogens with one attached hydrogen (secondary N) is 1. The summed E-state index contributed by atoms with van der Waals surface area (Å²) in [5.74, 6) is 0. The van der Waals surface area contributed by atoms with Gasteiger partial charge in [-0.1, -0.05) is 11.6 Å². The molecule has 0 atom stereocenters. The molecule has 17 heavy (non-hydrogen) atoms. The fourth-order valence-corrected chi connectivity index (χ4v) is 3.80. The molecule has 0 bridgehead atoms. The Labute approximate surface area is 111 Å². The number of likely N-dealkylation sites (tertiary alicyclic amines) is 1. The number of thiophene rings is 1. The number of piperidine rings is 1. The van der Waals surface area contributed by atoms with Gasteiger partial charge in [-0.2, -0.15) is 0 Å². The van der Waals surface area contributed by atoms with Crippen LogP contribution in [0.2, 0.25) is 5.02 Å². The van der Waals surface area contributed by atoms with E-state index >= 15 is 0 Å². The second kappa shape index (κ2) is 4.97. The van der Waals surface area contributed by atoms with E-state index in [1.807, 2.05) is 17.4 Å². The van der Waals surface area contributed by atoms with Crippen LogP contribution in [0.3, 0.4) is 0 Å². The number of fused-ring (bicyclic) bond motifs is 1. The molecule has 0 aliphatic carbocycles. The maximum absolute atomic E-state index is 6.09. The van der Waals surface area contributed by atoms with Crippen molar-refractivity contribution in [2.24, 2.45) is 0 Å². The van der Waals surface area contributed by atoms with Crippen LogP contribution in [0.15, 0.2) is 23.6 Å². The topological polar surface area (TPSA) is 4.44 Å². The summed E-state index contributed by atoms with van der Waals surface area (Å²) in [5.41, 5.74) is 1.48. The smallest absolute Gasteiger partial charge is 0.104 e. The Morgan fingerprint density at radius 2 is 2.00 bits per heavy atom. The summed E-state index contributed by atoms with van der Waals surface area (Å²) in [6.07, 6.45) is 4.19. The van der Waals surface area contributed by atoms with Gasteiger partial charge >= 0.3 is 0 Å². The number of halogens is 1. The van der Waals surface area contributed by atoms with Crippen molar-refractivity contribution in [3.05, 3.63) is 34.2 Å². The maximum Gasteiger partial charge on any atom is 0.104 e. The maximum atomic E-state index is 6.09. The van der Waals surface area contributed by atoms with Crippen LogP contribution >= 0.6 is 22.9 Å². The largest absolute Gasteiger partial charge is 0.331 e. The van der Waals surface area contributed by atoms with Gasteiger partial charge in [-0.3, -0.25) is 0 Å². The number of rotatable bonds is 2. The highest BCUT2D eigenvalue weighted by Gasteiger charge is 2.16. The zero-order valence-electron chi connectivity index (χ0n) is 9.84. The minimum absolute atomic E-state index is 0.853. The molecule has 0 amide bonds. The van der Waals surface area contributed by atoms with Crippen molar-refractivity contribution >= 4 is 33.0 Å². The molecular formula is C14H17ClNS+. The first-order valence-electron chi connectivity index (χ1n) is 6.32. The Hall–Kier alpha value is -0.570. The van der Waals surface area contributed by atoms with Gasteiger partial charge < -0.3 is 4.90 Å². The molecule has 1 aromatic heterocycles. The predicted molar refractivity (Wildman–Crippen MR) is 75.1 cm³/mol. The lowest BCUT2D eigenvalue weighted by Crippen LogP contribution is -3.11. The highest BCUT2D eigenvalue weighted by Crippen LogP contribution is 2.28. The molecule has 1 nitrogen and oxygen atoms in total. The average molecular weight is 267 g/mol. The highest BCUT2D eigenvalue weighted by atomic mass is 35.5. The summed E-state index contributed by atoms with van der Waals surface area (Å²) in [7, 11) is 0. The monoisotopic (exact) mass is 266 g/mol. The lowest BCUT2D eigenvalue weighted by atomic mass is 10.1. The van der Waals surface area contributed by atoms with Crippen LogP contribution in [0.4, 0.5) is 0 Å². The Morgan fingerprint density at radius 1 is 1.18 bits per heavy atom. The molecule has 90 valence electrons. The minimum Gasteiger partial charge on any atom is -0.331 e. The molecule has 1 aromatic carbocycles. The molecule has 1 N–H and O–H groups in total. The van der Waals surface area contributed by atoms with Gasteiger partial charge in [0.1, 0.15) is 6.54 Å². The minimum atomic E-state index is 0.853. The van der Waals surface area contributed by atoms with E-state index in [-0.39, 0.29) is 0 Å². The van der Waals surface area contributed by atoms with Gasteiger partial charge in [0.15, 0.2) is 0 Å². The molecule has 2 aromatic rings. The lowest BCUT2D eigenvalue weighted by Gasteiger charge is -2.23. The SMILES string of the molecule is Clc1ccc2scc(C[NH+]3CCCCC3)c2c1. The van der Waals surface area contributed by atoms with Crippen LogP contribution in [-0.2, 0) is 6.54 Å². The molecule has 0 spiro atoms. The van der Waals surface area contributed by atoms with Gasteiger partial charge in [0.25, 0.3) is 0 Å². The summed E-state index contributed by atoms with van der Waals surface area (Å²) in [5, 5.41) is 4.52. The third-order valence-corrected chi connectivity index (χ3v) is 4.86. The molecule has 0 saturated carbocycles. The number of benzene rings is 1. The standard InChI is InChI=1S/C14H16ClNS/c15-12-4-5-14-13(8-12)11(10-17-14)9-16-6-2-1-3-7-16/h4-5,8,10H,1-3,6-7,9H2/p+1. The van der Waals surface area contributed by atoms with Crippen molar-refractivity contribution in [3.63, 3.8) is 0 Å². The van der Waals surface area contributed by atoms with Crippen LogP contribution < -0.4 is 4.90 Å². The molecule has 3 rings (SSSR count). The Bertz CT molecular complexity index is 514. The first kappa shape index (κ1) is 11.5. The molecule has 1 aliphatic rings. The molecule has 1 saturated heterocycles. The lowest BCUT2D eigenvalue weighted by molar-refractivity contribution is -0.918. The normalized spacial score (nSPS) is 17.7. The van der Waals surface area contributed by atoms with Crippen molar-refractivity contribution in [3.8, 4) is 0 Å². The Morgan fingerprint density at radius 3 is 2.82 bits per heavy atom. The third-order valence-electron chi connectivity index (χ3n) is 3.62. The summed E-state index contributed by atoms with van der Waals surface area (Å²) < 4.78 is 1.36. The molecule has 0 radical (unpaired) electrons. The fourth-order valence-electron chi connectivity index (χ4n) is 2.69. The summed E-state index contributed by atoms with van der Waals surface area (Å²) in [6.45, 7) is 3.83. The molecular weight excluding hydrogens is 250 g/mol. The van der Waals surface area contributed by atoms with E-state index in [0.717, 1.165) is 5.02 Å². The van der Waals surface area contributed by atoms with Crippen LogP contribution in [0.5, 0.6) is 0 Å².